The van der Waals surface area contributed by atoms with Gasteiger partial charge < -0.3 is 9.52 Å². The number of aromatic hydroxyl groups is 1. The van der Waals surface area contributed by atoms with E-state index < -0.39 is 8.07 Å². The second kappa shape index (κ2) is 5.93. The first-order valence-electron chi connectivity index (χ1n) is 7.20. The van der Waals surface area contributed by atoms with Crippen molar-refractivity contribution >= 4 is 25.2 Å². The number of hydrogen-bond donors (Lipinski definition) is 1. The predicted molar refractivity (Wildman–Crippen MR) is 93.4 cm³/mol. The van der Waals surface area contributed by atoms with E-state index in [1.807, 2.05) is 30.0 Å². The number of rotatable bonds is 4. The number of hydrogen-bond acceptors (Lipinski definition) is 3. The van der Waals surface area contributed by atoms with Crippen LogP contribution in [-0.2, 0) is 5.41 Å². The zero-order valence-corrected chi connectivity index (χ0v) is 15.3. The summed E-state index contributed by atoms with van der Waals surface area (Å²) in [5.41, 5.74) is 0.958. The molecule has 1 heterocycles. The molecule has 0 aliphatic carbocycles. The Hall–Kier alpha value is -1.13. The number of phenolic OH excluding ortho intramolecular Hbond substituents is 1. The van der Waals surface area contributed by atoms with Gasteiger partial charge in [-0.2, -0.15) is 0 Å². The molecule has 0 saturated carbocycles. The van der Waals surface area contributed by atoms with Gasteiger partial charge in [0.25, 0.3) is 0 Å². The highest BCUT2D eigenvalue weighted by Crippen LogP contribution is 2.34. The van der Waals surface area contributed by atoms with Crippen LogP contribution in [0.3, 0.4) is 0 Å². The SMILES string of the molecule is CC(C)(C)c1cc(SC[Si](C)(C)c2ccco2)ccc1O. The van der Waals surface area contributed by atoms with Crippen LogP contribution < -0.4 is 5.38 Å². The maximum Gasteiger partial charge on any atom is 0.136 e. The van der Waals surface area contributed by atoms with E-state index in [4.69, 9.17) is 4.42 Å². The van der Waals surface area contributed by atoms with Gasteiger partial charge in [-0.3, -0.25) is 0 Å². The summed E-state index contributed by atoms with van der Waals surface area (Å²) in [6, 6.07) is 9.98. The predicted octanol–water partition coefficient (Wildman–Crippen LogP) is 4.53. The Balaban J connectivity index is 2.14. The summed E-state index contributed by atoms with van der Waals surface area (Å²) in [6.45, 7) is 11.0. The molecule has 21 heavy (non-hydrogen) atoms. The van der Waals surface area contributed by atoms with Crippen LogP contribution in [0.4, 0.5) is 0 Å². The molecule has 4 heteroatoms. The molecule has 0 aliphatic rings. The van der Waals surface area contributed by atoms with Crippen LogP contribution in [0.5, 0.6) is 5.75 Å². The molecule has 0 radical (unpaired) electrons. The van der Waals surface area contributed by atoms with Gasteiger partial charge in [0, 0.05) is 15.8 Å². The molecule has 2 rings (SSSR count). The summed E-state index contributed by atoms with van der Waals surface area (Å²) < 4.78 is 5.59. The third-order valence-corrected chi connectivity index (χ3v) is 9.23. The quantitative estimate of drug-likeness (QED) is 0.664. The molecule has 0 fully saturated rings. The van der Waals surface area contributed by atoms with Crippen LogP contribution in [0, 0.1) is 0 Å². The highest BCUT2D eigenvalue weighted by Gasteiger charge is 2.27. The largest absolute Gasteiger partial charge is 0.508 e. The molecule has 2 aromatic rings. The van der Waals surface area contributed by atoms with Crippen LogP contribution in [0.1, 0.15) is 26.3 Å². The minimum Gasteiger partial charge on any atom is -0.508 e. The molecule has 1 N–H and O–H groups in total. The maximum absolute atomic E-state index is 10.0. The molecule has 1 aromatic heterocycles. The first kappa shape index (κ1) is 16.2. The fourth-order valence-electron chi connectivity index (χ4n) is 2.20. The minimum absolute atomic E-state index is 0.0470. The zero-order chi connectivity index (χ0) is 15.7. The Morgan fingerprint density at radius 2 is 1.90 bits per heavy atom. The average Bonchev–Trinajstić information content (AvgIpc) is 2.91. The molecule has 0 saturated heterocycles. The first-order valence-corrected chi connectivity index (χ1v) is 11.4. The fraction of sp³-hybridized carbons (Fsp3) is 0.412. The highest BCUT2D eigenvalue weighted by molar-refractivity contribution is 8.01. The summed E-state index contributed by atoms with van der Waals surface area (Å²) in [6.07, 6.45) is 1.76. The van der Waals surface area contributed by atoms with Crippen molar-refractivity contribution in [2.45, 2.75) is 44.2 Å². The van der Waals surface area contributed by atoms with Crippen molar-refractivity contribution in [2.75, 3.05) is 5.38 Å². The van der Waals surface area contributed by atoms with Crippen LogP contribution in [0.25, 0.3) is 0 Å². The number of thioether (sulfide) groups is 1. The Morgan fingerprint density at radius 3 is 2.48 bits per heavy atom. The molecule has 0 bridgehead atoms. The van der Waals surface area contributed by atoms with Crippen LogP contribution >= 0.6 is 11.8 Å². The summed E-state index contributed by atoms with van der Waals surface area (Å²) in [7, 11) is -1.55. The zero-order valence-electron chi connectivity index (χ0n) is 13.4. The second-order valence-electron chi connectivity index (χ2n) is 7.08. The smallest absolute Gasteiger partial charge is 0.136 e. The average molecular weight is 321 g/mol. The standard InChI is InChI=1S/C17H24O2SSi/c1-17(2,3)14-11-13(8-9-15(14)18)20-12-21(4,5)16-7-6-10-19-16/h6-11,18H,12H2,1-5H3. The molecule has 0 unspecified atom stereocenters. The molecule has 0 amide bonds. The summed E-state index contributed by atoms with van der Waals surface area (Å²) in [4.78, 5) is 1.21. The van der Waals surface area contributed by atoms with E-state index in [-0.39, 0.29) is 5.41 Å². The lowest BCUT2D eigenvalue weighted by Crippen LogP contribution is -2.43. The third kappa shape index (κ3) is 3.95. The van der Waals surface area contributed by atoms with Gasteiger partial charge in [-0.15, -0.1) is 11.8 Å². The van der Waals surface area contributed by atoms with E-state index in [0.717, 1.165) is 16.3 Å². The van der Waals surface area contributed by atoms with E-state index in [0.29, 0.717) is 5.75 Å². The van der Waals surface area contributed by atoms with Gasteiger partial charge in [-0.05, 0) is 35.7 Å². The van der Waals surface area contributed by atoms with Gasteiger partial charge in [0.15, 0.2) is 0 Å². The van der Waals surface area contributed by atoms with Crippen LogP contribution in [0.2, 0.25) is 13.1 Å². The summed E-state index contributed by atoms with van der Waals surface area (Å²) >= 11 is 1.86. The molecular formula is C17H24O2SSi. The van der Waals surface area contributed by atoms with Crippen LogP contribution in [-0.4, -0.2) is 18.6 Å². The Kier molecular flexibility index (Phi) is 4.59. The summed E-state index contributed by atoms with van der Waals surface area (Å²) in [5.74, 6) is 0.384. The molecule has 0 aliphatic heterocycles. The Bertz CT molecular complexity index is 598. The number of benzene rings is 1. The molecule has 1 aromatic carbocycles. The van der Waals surface area contributed by atoms with Gasteiger partial charge in [0.1, 0.15) is 13.8 Å². The van der Waals surface area contributed by atoms with E-state index in [1.165, 1.54) is 4.90 Å². The molecular weight excluding hydrogens is 296 g/mol. The van der Waals surface area contributed by atoms with Crippen molar-refractivity contribution in [1.29, 1.82) is 0 Å². The molecule has 2 nitrogen and oxygen atoms in total. The monoisotopic (exact) mass is 320 g/mol. The van der Waals surface area contributed by atoms with E-state index in [2.05, 4.69) is 46.0 Å². The third-order valence-electron chi connectivity index (χ3n) is 3.56. The van der Waals surface area contributed by atoms with Gasteiger partial charge >= 0.3 is 0 Å². The topological polar surface area (TPSA) is 33.4 Å². The Labute approximate surface area is 132 Å². The lowest BCUT2D eigenvalue weighted by molar-refractivity contribution is 0.446. The second-order valence-corrected chi connectivity index (χ2v) is 13.3. The van der Waals surface area contributed by atoms with Crippen molar-refractivity contribution < 1.29 is 9.52 Å². The van der Waals surface area contributed by atoms with Crippen molar-refractivity contribution in [3.63, 3.8) is 0 Å². The van der Waals surface area contributed by atoms with Crippen molar-refractivity contribution in [1.82, 2.24) is 0 Å². The van der Waals surface area contributed by atoms with Crippen molar-refractivity contribution in [2.24, 2.45) is 0 Å². The molecule has 114 valence electrons. The minimum atomic E-state index is -1.55. The fourth-order valence-corrected chi connectivity index (χ4v) is 6.18. The maximum atomic E-state index is 10.0. The molecule has 0 spiro atoms. The first-order chi connectivity index (χ1) is 9.70. The van der Waals surface area contributed by atoms with E-state index >= 15 is 0 Å². The van der Waals surface area contributed by atoms with Gasteiger partial charge in [-0.1, -0.05) is 33.9 Å². The Morgan fingerprint density at radius 1 is 1.19 bits per heavy atom. The lowest BCUT2D eigenvalue weighted by atomic mass is 9.86. The van der Waals surface area contributed by atoms with Gasteiger partial charge in [0.05, 0.1) is 11.6 Å². The van der Waals surface area contributed by atoms with E-state index in [9.17, 15) is 5.11 Å². The van der Waals surface area contributed by atoms with Crippen molar-refractivity contribution in [3.8, 4) is 5.75 Å². The van der Waals surface area contributed by atoms with Gasteiger partial charge in [-0.25, -0.2) is 0 Å². The van der Waals surface area contributed by atoms with Crippen molar-refractivity contribution in [3.05, 3.63) is 42.2 Å². The number of furan rings is 1. The highest BCUT2D eigenvalue weighted by atomic mass is 32.2. The van der Waals surface area contributed by atoms with E-state index in [1.54, 1.807) is 6.26 Å². The summed E-state index contributed by atoms with van der Waals surface area (Å²) in [5, 5.41) is 12.2. The molecule has 0 atom stereocenters. The number of phenols is 1. The van der Waals surface area contributed by atoms with Gasteiger partial charge in [0.2, 0.25) is 0 Å². The van der Waals surface area contributed by atoms with Crippen LogP contribution in [0.15, 0.2) is 45.9 Å². The lowest BCUT2D eigenvalue weighted by Gasteiger charge is -2.22. The normalized spacial score (nSPS) is 12.6.